The molecule has 1 aliphatic heterocycles. The van der Waals surface area contributed by atoms with Crippen molar-refractivity contribution in [3.8, 4) is 5.69 Å². The molecule has 0 radical (unpaired) electrons. The number of piperazine rings is 1. The number of pyridine rings is 1. The van der Waals surface area contributed by atoms with Gasteiger partial charge in [0.2, 0.25) is 11.9 Å². The van der Waals surface area contributed by atoms with Gasteiger partial charge in [0.1, 0.15) is 0 Å². The number of anilines is 1. The Hall–Kier alpha value is -3.47. The molecule has 0 unspecified atom stereocenters. The Kier molecular flexibility index (Phi) is 5.01. The molecule has 1 aliphatic rings. The number of carbonyl (C=O) groups excluding carboxylic acids is 1. The average Bonchev–Trinajstić information content (AvgIpc) is 3.46. The number of para-hydroxylation sites is 1. The molecule has 1 amide bonds. The van der Waals surface area contributed by atoms with Gasteiger partial charge in [0.25, 0.3) is 0 Å². The number of aromatic nitrogens is 7. The monoisotopic (exact) mass is 421 g/mol. The van der Waals surface area contributed by atoms with Crippen molar-refractivity contribution in [2.75, 3.05) is 36.8 Å². The van der Waals surface area contributed by atoms with Crippen molar-refractivity contribution in [1.82, 2.24) is 39.7 Å². The fraction of sp³-hybridized carbons (Fsp3) is 0.263. The highest BCUT2D eigenvalue weighted by atomic mass is 32.2. The summed E-state index contributed by atoms with van der Waals surface area (Å²) in [6, 6.07) is 15.5. The van der Waals surface area contributed by atoms with E-state index in [1.165, 1.54) is 11.8 Å². The fourth-order valence-corrected chi connectivity index (χ4v) is 4.23. The predicted molar refractivity (Wildman–Crippen MR) is 112 cm³/mol. The number of fused-ring (bicyclic) bond motifs is 1. The number of tetrazole rings is 1. The number of hydrogen-bond acceptors (Lipinski definition) is 8. The van der Waals surface area contributed by atoms with Crippen LogP contribution in [0.2, 0.25) is 0 Å². The van der Waals surface area contributed by atoms with E-state index in [1.54, 1.807) is 4.68 Å². The first-order chi connectivity index (χ1) is 14.8. The SMILES string of the molecule is O=C(CSc1nnc2ccccn12)N1CCN(c2nnnn2-c2ccccc2)CC1. The first-order valence-electron chi connectivity index (χ1n) is 9.59. The zero-order chi connectivity index (χ0) is 20.3. The number of benzene rings is 1. The van der Waals surface area contributed by atoms with Gasteiger partial charge < -0.3 is 9.80 Å². The Bertz CT molecular complexity index is 1150. The summed E-state index contributed by atoms with van der Waals surface area (Å²) in [6.45, 7) is 2.61. The molecule has 0 spiro atoms. The van der Waals surface area contributed by atoms with Gasteiger partial charge in [0.05, 0.1) is 11.4 Å². The molecule has 0 saturated carbocycles. The van der Waals surface area contributed by atoms with Crippen molar-refractivity contribution in [1.29, 1.82) is 0 Å². The molecular formula is C19H19N9OS. The summed E-state index contributed by atoms with van der Waals surface area (Å²) in [5.74, 6) is 1.12. The molecule has 0 bridgehead atoms. The molecule has 152 valence electrons. The third-order valence-corrected chi connectivity index (χ3v) is 5.90. The van der Waals surface area contributed by atoms with Crippen LogP contribution in [0.3, 0.4) is 0 Å². The van der Waals surface area contributed by atoms with Crippen molar-refractivity contribution in [2.24, 2.45) is 0 Å². The number of carbonyl (C=O) groups is 1. The summed E-state index contributed by atoms with van der Waals surface area (Å²) in [7, 11) is 0. The second-order valence-corrected chi connectivity index (χ2v) is 7.74. The highest BCUT2D eigenvalue weighted by molar-refractivity contribution is 7.99. The Labute approximate surface area is 176 Å². The van der Waals surface area contributed by atoms with Crippen LogP contribution < -0.4 is 4.90 Å². The van der Waals surface area contributed by atoms with E-state index >= 15 is 0 Å². The zero-order valence-electron chi connectivity index (χ0n) is 16.1. The molecule has 3 aromatic heterocycles. The normalized spacial score (nSPS) is 14.4. The Balaban J connectivity index is 1.19. The summed E-state index contributed by atoms with van der Waals surface area (Å²) in [6.07, 6.45) is 1.90. The van der Waals surface area contributed by atoms with Crippen LogP contribution in [0, 0.1) is 0 Å². The summed E-state index contributed by atoms with van der Waals surface area (Å²) in [4.78, 5) is 16.7. The highest BCUT2D eigenvalue weighted by Crippen LogP contribution is 2.19. The quantitative estimate of drug-likeness (QED) is 0.443. The molecule has 0 N–H and O–H groups in total. The lowest BCUT2D eigenvalue weighted by molar-refractivity contribution is -0.128. The summed E-state index contributed by atoms with van der Waals surface area (Å²) in [5.41, 5.74) is 1.69. The van der Waals surface area contributed by atoms with E-state index in [1.807, 2.05) is 64.0 Å². The smallest absolute Gasteiger partial charge is 0.250 e. The van der Waals surface area contributed by atoms with E-state index in [2.05, 4.69) is 30.6 Å². The van der Waals surface area contributed by atoms with E-state index in [0.717, 1.165) is 16.5 Å². The number of nitrogens with zero attached hydrogens (tertiary/aromatic N) is 9. The van der Waals surface area contributed by atoms with Crippen LogP contribution >= 0.6 is 11.8 Å². The molecule has 1 saturated heterocycles. The number of rotatable bonds is 5. The maximum atomic E-state index is 12.7. The lowest BCUT2D eigenvalue weighted by Gasteiger charge is -2.34. The van der Waals surface area contributed by atoms with E-state index in [0.29, 0.717) is 37.9 Å². The summed E-state index contributed by atoms with van der Waals surface area (Å²) < 4.78 is 3.61. The van der Waals surface area contributed by atoms with Crippen LogP contribution in [0.25, 0.3) is 11.3 Å². The maximum absolute atomic E-state index is 12.7. The molecule has 30 heavy (non-hydrogen) atoms. The Morgan fingerprint density at radius 2 is 1.73 bits per heavy atom. The third-order valence-electron chi connectivity index (χ3n) is 4.98. The van der Waals surface area contributed by atoms with Crippen LogP contribution in [-0.4, -0.2) is 77.5 Å². The van der Waals surface area contributed by atoms with E-state index in [-0.39, 0.29) is 5.91 Å². The van der Waals surface area contributed by atoms with Crippen LogP contribution in [0.15, 0.2) is 59.9 Å². The minimum Gasteiger partial charge on any atom is -0.338 e. The second-order valence-electron chi connectivity index (χ2n) is 6.79. The van der Waals surface area contributed by atoms with Gasteiger partial charge in [-0.25, -0.2) is 0 Å². The molecule has 0 atom stereocenters. The van der Waals surface area contributed by atoms with Gasteiger partial charge in [-0.2, -0.15) is 4.68 Å². The van der Waals surface area contributed by atoms with Crippen LogP contribution in [0.5, 0.6) is 0 Å². The van der Waals surface area contributed by atoms with Gasteiger partial charge in [0, 0.05) is 32.4 Å². The second kappa shape index (κ2) is 8.11. The first-order valence-corrected chi connectivity index (χ1v) is 10.6. The number of hydrogen-bond donors (Lipinski definition) is 0. The number of thioether (sulfide) groups is 1. The van der Waals surface area contributed by atoms with E-state index < -0.39 is 0 Å². The number of amides is 1. The van der Waals surface area contributed by atoms with Crippen LogP contribution in [0.1, 0.15) is 0 Å². The molecule has 1 fully saturated rings. The Morgan fingerprint density at radius 1 is 0.933 bits per heavy atom. The first kappa shape index (κ1) is 18.6. The average molecular weight is 421 g/mol. The molecule has 11 heteroatoms. The molecule has 4 heterocycles. The lowest BCUT2D eigenvalue weighted by atomic mass is 10.3. The minimum atomic E-state index is 0.0926. The summed E-state index contributed by atoms with van der Waals surface area (Å²) >= 11 is 1.40. The highest BCUT2D eigenvalue weighted by Gasteiger charge is 2.25. The van der Waals surface area contributed by atoms with Crippen LogP contribution in [0.4, 0.5) is 5.95 Å². The van der Waals surface area contributed by atoms with Gasteiger partial charge in [-0.3, -0.25) is 9.20 Å². The molecule has 1 aromatic carbocycles. The van der Waals surface area contributed by atoms with Crippen LogP contribution in [-0.2, 0) is 4.79 Å². The molecule has 5 rings (SSSR count). The van der Waals surface area contributed by atoms with E-state index in [9.17, 15) is 4.79 Å². The van der Waals surface area contributed by atoms with Crippen molar-refractivity contribution >= 4 is 29.3 Å². The fourth-order valence-electron chi connectivity index (χ4n) is 3.41. The maximum Gasteiger partial charge on any atom is 0.250 e. The zero-order valence-corrected chi connectivity index (χ0v) is 16.9. The van der Waals surface area contributed by atoms with Crippen molar-refractivity contribution in [3.63, 3.8) is 0 Å². The lowest BCUT2D eigenvalue weighted by Crippen LogP contribution is -2.50. The molecule has 4 aromatic rings. The molecular weight excluding hydrogens is 402 g/mol. The largest absolute Gasteiger partial charge is 0.338 e. The standard InChI is InChI=1S/C19H19N9OS/c29-17(14-30-19-22-20-16-8-4-5-9-27(16)19)25-10-12-26(13-11-25)18-21-23-24-28(18)15-6-2-1-3-7-15/h1-9H,10-14H2. The Morgan fingerprint density at radius 3 is 2.57 bits per heavy atom. The van der Waals surface area contributed by atoms with E-state index in [4.69, 9.17) is 0 Å². The van der Waals surface area contributed by atoms with Gasteiger partial charge in [-0.15, -0.1) is 10.2 Å². The van der Waals surface area contributed by atoms with Gasteiger partial charge in [0.15, 0.2) is 10.8 Å². The third kappa shape index (κ3) is 3.59. The van der Waals surface area contributed by atoms with Gasteiger partial charge >= 0.3 is 0 Å². The molecule has 0 aliphatic carbocycles. The summed E-state index contributed by atoms with van der Waals surface area (Å²) in [5, 5.41) is 21.1. The van der Waals surface area contributed by atoms with Crippen molar-refractivity contribution in [2.45, 2.75) is 5.16 Å². The molecule has 10 nitrogen and oxygen atoms in total. The van der Waals surface area contributed by atoms with Gasteiger partial charge in [-0.05, 0) is 34.7 Å². The van der Waals surface area contributed by atoms with Gasteiger partial charge in [-0.1, -0.05) is 41.1 Å². The van der Waals surface area contributed by atoms with Crippen molar-refractivity contribution in [3.05, 3.63) is 54.7 Å². The topological polar surface area (TPSA) is 97.3 Å². The van der Waals surface area contributed by atoms with Crippen molar-refractivity contribution < 1.29 is 4.79 Å². The predicted octanol–water partition coefficient (Wildman–Crippen LogP) is 1.15. The minimum absolute atomic E-state index is 0.0926.